The van der Waals surface area contributed by atoms with Crippen molar-refractivity contribution >= 4 is 11.6 Å². The smallest absolute Gasteiger partial charge is 0.137 e. The van der Waals surface area contributed by atoms with Gasteiger partial charge in [0, 0.05) is 25.7 Å². The Kier molecular flexibility index (Phi) is 4.93. The third-order valence-electron chi connectivity index (χ3n) is 3.30. The van der Waals surface area contributed by atoms with Gasteiger partial charge in [-0.05, 0) is 6.42 Å². The molecule has 0 radical (unpaired) electrons. The van der Waals surface area contributed by atoms with Crippen molar-refractivity contribution in [2.75, 3.05) is 43.6 Å². The van der Waals surface area contributed by atoms with Crippen molar-refractivity contribution in [1.29, 1.82) is 0 Å². The molecule has 106 valence electrons. The van der Waals surface area contributed by atoms with Crippen LogP contribution in [0.3, 0.4) is 0 Å². The number of aromatic nitrogens is 2. The molecule has 6 nitrogen and oxygen atoms in total. The molecule has 1 aromatic rings. The van der Waals surface area contributed by atoms with Crippen LogP contribution in [-0.4, -0.2) is 54.5 Å². The standard InChI is InChI=1S/C13H22N4O2/c1-3-4-11-12(14-2)15-9-16-13(11)17-5-6-19-10(7-17)8-18/h9-10,18H,3-8H2,1-2H3,(H,14,15,16). The molecule has 1 atom stereocenters. The number of hydrogen-bond acceptors (Lipinski definition) is 6. The number of morpholine rings is 1. The van der Waals surface area contributed by atoms with Gasteiger partial charge in [-0.1, -0.05) is 13.3 Å². The Morgan fingerprint density at radius 2 is 2.37 bits per heavy atom. The average Bonchev–Trinajstić information content (AvgIpc) is 2.48. The molecule has 1 saturated heterocycles. The zero-order valence-corrected chi connectivity index (χ0v) is 11.6. The van der Waals surface area contributed by atoms with Gasteiger partial charge in [0.25, 0.3) is 0 Å². The molecule has 0 spiro atoms. The van der Waals surface area contributed by atoms with Crippen molar-refractivity contribution in [1.82, 2.24) is 9.97 Å². The Labute approximate surface area is 113 Å². The third kappa shape index (κ3) is 3.13. The van der Waals surface area contributed by atoms with Crippen molar-refractivity contribution in [3.8, 4) is 0 Å². The van der Waals surface area contributed by atoms with Crippen LogP contribution in [0.2, 0.25) is 0 Å². The molecule has 0 aliphatic carbocycles. The fourth-order valence-corrected chi connectivity index (χ4v) is 2.39. The second-order valence-corrected chi connectivity index (χ2v) is 4.65. The van der Waals surface area contributed by atoms with Gasteiger partial charge >= 0.3 is 0 Å². The van der Waals surface area contributed by atoms with Gasteiger partial charge in [0.05, 0.1) is 19.3 Å². The zero-order valence-electron chi connectivity index (χ0n) is 11.6. The molecule has 19 heavy (non-hydrogen) atoms. The van der Waals surface area contributed by atoms with E-state index in [9.17, 15) is 5.11 Å². The summed E-state index contributed by atoms with van der Waals surface area (Å²) in [5.74, 6) is 1.85. The van der Waals surface area contributed by atoms with E-state index in [1.807, 2.05) is 7.05 Å². The first-order valence-electron chi connectivity index (χ1n) is 6.79. The number of nitrogens with one attached hydrogen (secondary N) is 1. The largest absolute Gasteiger partial charge is 0.394 e. The highest BCUT2D eigenvalue weighted by atomic mass is 16.5. The van der Waals surface area contributed by atoms with E-state index < -0.39 is 0 Å². The number of aliphatic hydroxyl groups is 1. The van der Waals surface area contributed by atoms with E-state index in [1.54, 1.807) is 6.33 Å². The quantitative estimate of drug-likeness (QED) is 0.816. The van der Waals surface area contributed by atoms with Gasteiger partial charge in [0.15, 0.2) is 0 Å². The second kappa shape index (κ2) is 6.68. The lowest BCUT2D eigenvalue weighted by Gasteiger charge is -2.34. The molecule has 0 amide bonds. The molecule has 0 bridgehead atoms. The van der Waals surface area contributed by atoms with E-state index in [1.165, 1.54) is 0 Å². The van der Waals surface area contributed by atoms with Crippen LogP contribution in [0.4, 0.5) is 11.6 Å². The first-order valence-corrected chi connectivity index (χ1v) is 6.79. The van der Waals surface area contributed by atoms with E-state index in [4.69, 9.17) is 4.74 Å². The molecule has 6 heteroatoms. The highest BCUT2D eigenvalue weighted by Crippen LogP contribution is 2.26. The van der Waals surface area contributed by atoms with Gasteiger partial charge in [-0.3, -0.25) is 0 Å². The van der Waals surface area contributed by atoms with Gasteiger partial charge in [-0.25, -0.2) is 9.97 Å². The van der Waals surface area contributed by atoms with Gasteiger partial charge < -0.3 is 20.1 Å². The number of hydrogen-bond donors (Lipinski definition) is 2. The van der Waals surface area contributed by atoms with E-state index in [2.05, 4.69) is 27.1 Å². The topological polar surface area (TPSA) is 70.5 Å². The predicted octanol–water partition coefficient (Wildman–Crippen LogP) is 0.668. The number of ether oxygens (including phenoxy) is 1. The second-order valence-electron chi connectivity index (χ2n) is 4.65. The Hall–Kier alpha value is -1.40. The molecule has 2 rings (SSSR count). The van der Waals surface area contributed by atoms with Gasteiger partial charge in [0.2, 0.25) is 0 Å². The van der Waals surface area contributed by atoms with Crippen molar-refractivity contribution in [3.05, 3.63) is 11.9 Å². The Morgan fingerprint density at radius 3 is 3.05 bits per heavy atom. The molecule has 0 saturated carbocycles. The van der Waals surface area contributed by atoms with Crippen LogP contribution in [0.25, 0.3) is 0 Å². The summed E-state index contributed by atoms with van der Waals surface area (Å²) in [6.07, 6.45) is 3.44. The van der Waals surface area contributed by atoms with Crippen molar-refractivity contribution in [2.24, 2.45) is 0 Å². The van der Waals surface area contributed by atoms with Crippen LogP contribution in [0, 0.1) is 0 Å². The summed E-state index contributed by atoms with van der Waals surface area (Å²) in [4.78, 5) is 10.9. The molecular formula is C13H22N4O2. The van der Waals surface area contributed by atoms with E-state index in [-0.39, 0.29) is 12.7 Å². The molecule has 1 unspecified atom stereocenters. The Balaban J connectivity index is 2.27. The maximum atomic E-state index is 9.23. The minimum atomic E-state index is -0.128. The highest BCUT2D eigenvalue weighted by Gasteiger charge is 2.23. The summed E-state index contributed by atoms with van der Waals surface area (Å²) in [5, 5.41) is 12.4. The number of aliphatic hydroxyl groups excluding tert-OH is 1. The van der Waals surface area contributed by atoms with Crippen LogP contribution in [0.5, 0.6) is 0 Å². The first-order chi connectivity index (χ1) is 9.30. The normalized spacial score (nSPS) is 19.5. The lowest BCUT2D eigenvalue weighted by molar-refractivity contribution is 0.00331. The molecular weight excluding hydrogens is 244 g/mol. The minimum absolute atomic E-state index is 0.0452. The van der Waals surface area contributed by atoms with Crippen LogP contribution >= 0.6 is 0 Å². The van der Waals surface area contributed by atoms with Gasteiger partial charge in [0.1, 0.15) is 18.0 Å². The third-order valence-corrected chi connectivity index (χ3v) is 3.30. The van der Waals surface area contributed by atoms with Crippen molar-refractivity contribution < 1.29 is 9.84 Å². The van der Waals surface area contributed by atoms with Crippen LogP contribution in [0.1, 0.15) is 18.9 Å². The maximum Gasteiger partial charge on any atom is 0.137 e. The monoisotopic (exact) mass is 266 g/mol. The predicted molar refractivity (Wildman–Crippen MR) is 74.6 cm³/mol. The summed E-state index contributed by atoms with van der Waals surface area (Å²) in [6.45, 7) is 4.28. The summed E-state index contributed by atoms with van der Waals surface area (Å²) >= 11 is 0. The van der Waals surface area contributed by atoms with Crippen molar-refractivity contribution in [3.63, 3.8) is 0 Å². The van der Waals surface area contributed by atoms with Crippen LogP contribution in [-0.2, 0) is 11.2 Å². The Bertz CT molecular complexity index is 414. The molecule has 1 fully saturated rings. The summed E-state index contributed by atoms with van der Waals surface area (Å²) in [7, 11) is 1.88. The van der Waals surface area contributed by atoms with Crippen LogP contribution < -0.4 is 10.2 Å². The molecule has 2 N–H and O–H groups in total. The summed E-state index contributed by atoms with van der Waals surface area (Å²) in [5.41, 5.74) is 1.14. The molecule has 2 heterocycles. The minimum Gasteiger partial charge on any atom is -0.394 e. The van der Waals surface area contributed by atoms with Crippen LogP contribution in [0.15, 0.2) is 6.33 Å². The van der Waals surface area contributed by atoms with E-state index in [0.717, 1.165) is 36.6 Å². The zero-order chi connectivity index (χ0) is 13.7. The van der Waals surface area contributed by atoms with Gasteiger partial charge in [-0.15, -0.1) is 0 Å². The first kappa shape index (κ1) is 14.0. The molecule has 1 aromatic heterocycles. The molecule has 1 aliphatic rings. The van der Waals surface area contributed by atoms with Crippen molar-refractivity contribution in [2.45, 2.75) is 25.9 Å². The lowest BCUT2D eigenvalue weighted by atomic mass is 10.1. The maximum absolute atomic E-state index is 9.23. The number of nitrogens with zero attached hydrogens (tertiary/aromatic N) is 3. The van der Waals surface area contributed by atoms with E-state index in [0.29, 0.717) is 13.2 Å². The fourth-order valence-electron chi connectivity index (χ4n) is 2.39. The van der Waals surface area contributed by atoms with E-state index >= 15 is 0 Å². The molecule has 0 aromatic carbocycles. The summed E-state index contributed by atoms with van der Waals surface area (Å²) < 4.78 is 5.48. The highest BCUT2D eigenvalue weighted by molar-refractivity contribution is 5.58. The summed E-state index contributed by atoms with van der Waals surface area (Å²) in [6, 6.07) is 0. The molecule has 1 aliphatic heterocycles. The average molecular weight is 266 g/mol. The van der Waals surface area contributed by atoms with Gasteiger partial charge in [-0.2, -0.15) is 0 Å². The lowest BCUT2D eigenvalue weighted by Crippen LogP contribution is -2.45. The Morgan fingerprint density at radius 1 is 1.53 bits per heavy atom. The fraction of sp³-hybridized carbons (Fsp3) is 0.692. The number of anilines is 2. The number of rotatable bonds is 5. The SMILES string of the molecule is CCCc1c(NC)ncnc1N1CCOC(CO)C1.